The molecule has 4 aromatic rings. The molecule has 5 heteroatoms. The highest BCUT2D eigenvalue weighted by Crippen LogP contribution is 2.23. The fraction of sp³-hybridized carbons (Fsp3) is 0.222. The zero-order valence-electron chi connectivity index (χ0n) is 18.9. The fourth-order valence-corrected chi connectivity index (χ4v) is 3.88. The van der Waals surface area contributed by atoms with Crippen molar-refractivity contribution in [1.82, 2.24) is 14.5 Å². The minimum absolute atomic E-state index is 0.113. The van der Waals surface area contributed by atoms with Gasteiger partial charge in [-0.2, -0.15) is 0 Å². The maximum absolute atomic E-state index is 13.5. The van der Waals surface area contributed by atoms with Gasteiger partial charge in [-0.25, -0.2) is 4.98 Å². The number of amides is 1. The van der Waals surface area contributed by atoms with E-state index >= 15 is 0 Å². The van der Waals surface area contributed by atoms with Gasteiger partial charge >= 0.3 is 0 Å². The number of carbonyl (C=O) groups is 1. The number of hydrogen-bond acceptors (Lipinski definition) is 3. The Hall–Kier alpha value is -3.73. The van der Waals surface area contributed by atoms with Crippen LogP contribution >= 0.6 is 0 Å². The van der Waals surface area contributed by atoms with Crippen molar-refractivity contribution in [2.75, 3.05) is 7.05 Å². The van der Waals surface area contributed by atoms with Gasteiger partial charge < -0.3 is 4.90 Å². The molecule has 1 amide bonds. The number of benzene rings is 3. The summed E-state index contributed by atoms with van der Waals surface area (Å²) in [5, 5.41) is 0.550. The van der Waals surface area contributed by atoms with Gasteiger partial charge in [0.05, 0.1) is 22.6 Å². The van der Waals surface area contributed by atoms with Gasteiger partial charge in [0.25, 0.3) is 11.5 Å². The first-order chi connectivity index (χ1) is 15.4. The Bertz CT molecular complexity index is 1340. The highest BCUT2D eigenvalue weighted by Gasteiger charge is 2.25. The summed E-state index contributed by atoms with van der Waals surface area (Å²) >= 11 is 0. The number of fused-ring (bicyclic) bond motifs is 1. The predicted octanol–water partition coefficient (Wildman–Crippen LogP) is 5.09. The first-order valence-corrected chi connectivity index (χ1v) is 10.9. The highest BCUT2D eigenvalue weighted by molar-refractivity contribution is 5.94. The average molecular weight is 426 g/mol. The Morgan fingerprint density at radius 1 is 1.03 bits per heavy atom. The Morgan fingerprint density at radius 2 is 1.75 bits per heavy atom. The van der Waals surface area contributed by atoms with Crippen LogP contribution in [0.1, 0.15) is 47.2 Å². The number of aromatic nitrogens is 2. The first-order valence-electron chi connectivity index (χ1n) is 10.9. The average Bonchev–Trinajstić information content (AvgIpc) is 2.82. The van der Waals surface area contributed by atoms with Crippen LogP contribution in [0.2, 0.25) is 0 Å². The van der Waals surface area contributed by atoms with Crippen molar-refractivity contribution in [3.8, 4) is 5.69 Å². The van der Waals surface area contributed by atoms with Crippen LogP contribution in [-0.2, 0) is 6.42 Å². The largest absolute Gasteiger partial charge is 0.332 e. The second kappa shape index (κ2) is 8.79. The lowest BCUT2D eigenvalue weighted by Crippen LogP contribution is -2.34. The number of para-hydroxylation sites is 1. The van der Waals surface area contributed by atoms with E-state index in [0.717, 1.165) is 17.7 Å². The molecule has 1 heterocycles. The summed E-state index contributed by atoms with van der Waals surface area (Å²) in [6.45, 7) is 5.98. The maximum atomic E-state index is 13.5. The molecule has 0 radical (unpaired) electrons. The molecule has 162 valence electrons. The monoisotopic (exact) mass is 425 g/mol. The molecule has 0 saturated heterocycles. The van der Waals surface area contributed by atoms with Gasteiger partial charge in [-0.1, -0.05) is 43.3 Å². The van der Waals surface area contributed by atoms with Crippen LogP contribution in [0.25, 0.3) is 16.6 Å². The summed E-state index contributed by atoms with van der Waals surface area (Å²) in [6, 6.07) is 22.3. The van der Waals surface area contributed by atoms with E-state index in [0.29, 0.717) is 22.3 Å². The maximum Gasteiger partial charge on any atom is 0.266 e. The Morgan fingerprint density at radius 3 is 2.44 bits per heavy atom. The van der Waals surface area contributed by atoms with Crippen molar-refractivity contribution in [1.29, 1.82) is 0 Å². The van der Waals surface area contributed by atoms with Gasteiger partial charge in [0, 0.05) is 12.6 Å². The van der Waals surface area contributed by atoms with Crippen molar-refractivity contribution in [3.63, 3.8) is 0 Å². The van der Waals surface area contributed by atoms with Gasteiger partial charge in [0.15, 0.2) is 0 Å². The van der Waals surface area contributed by atoms with Crippen LogP contribution in [0, 0.1) is 6.92 Å². The molecular formula is C27H27N3O2. The van der Waals surface area contributed by atoms with Gasteiger partial charge in [0.2, 0.25) is 0 Å². The number of aryl methyl sites for hydroxylation is 2. The lowest BCUT2D eigenvalue weighted by Gasteiger charge is -2.27. The molecule has 0 bridgehead atoms. The van der Waals surface area contributed by atoms with E-state index in [1.54, 1.807) is 22.6 Å². The highest BCUT2D eigenvalue weighted by atomic mass is 16.2. The van der Waals surface area contributed by atoms with Crippen molar-refractivity contribution >= 4 is 16.8 Å². The molecule has 32 heavy (non-hydrogen) atoms. The van der Waals surface area contributed by atoms with E-state index in [1.165, 1.54) is 5.56 Å². The third kappa shape index (κ3) is 3.94. The van der Waals surface area contributed by atoms with Crippen molar-refractivity contribution in [2.24, 2.45) is 0 Å². The van der Waals surface area contributed by atoms with Gasteiger partial charge in [-0.3, -0.25) is 14.2 Å². The van der Waals surface area contributed by atoms with Gasteiger partial charge in [-0.05, 0) is 67.8 Å². The van der Waals surface area contributed by atoms with Crippen molar-refractivity contribution in [3.05, 3.63) is 106 Å². The molecule has 1 atom stereocenters. The zero-order chi connectivity index (χ0) is 22.8. The molecule has 0 spiro atoms. The molecule has 3 aromatic carbocycles. The van der Waals surface area contributed by atoms with E-state index in [9.17, 15) is 9.59 Å². The fourth-order valence-electron chi connectivity index (χ4n) is 3.88. The van der Waals surface area contributed by atoms with Gasteiger partial charge in [0.1, 0.15) is 5.82 Å². The summed E-state index contributed by atoms with van der Waals surface area (Å²) in [5.74, 6) is 0.415. The van der Waals surface area contributed by atoms with E-state index in [1.807, 2.05) is 80.6 Å². The zero-order valence-corrected chi connectivity index (χ0v) is 18.9. The molecule has 0 N–H and O–H groups in total. The minimum Gasteiger partial charge on any atom is -0.332 e. The van der Waals surface area contributed by atoms with Crippen LogP contribution in [-0.4, -0.2) is 27.4 Å². The minimum atomic E-state index is -0.425. The lowest BCUT2D eigenvalue weighted by molar-refractivity contribution is 0.0735. The van der Waals surface area contributed by atoms with Crippen LogP contribution < -0.4 is 5.56 Å². The Kier molecular flexibility index (Phi) is 5.91. The van der Waals surface area contributed by atoms with E-state index in [4.69, 9.17) is 4.98 Å². The molecular weight excluding hydrogens is 398 g/mol. The Balaban J connectivity index is 1.83. The summed E-state index contributed by atoms with van der Waals surface area (Å²) in [7, 11) is 1.75. The van der Waals surface area contributed by atoms with E-state index in [-0.39, 0.29) is 11.5 Å². The SMILES string of the molecule is CCc1ccc(C(=O)N(C)C(C)c2nc3ccccc3c(=O)n2-c2cccc(C)c2)cc1. The first kappa shape index (κ1) is 21.5. The number of hydrogen-bond donors (Lipinski definition) is 0. The van der Waals surface area contributed by atoms with Gasteiger partial charge in [-0.15, -0.1) is 0 Å². The number of carbonyl (C=O) groups excluding carboxylic acids is 1. The van der Waals surface area contributed by atoms with E-state index < -0.39 is 6.04 Å². The van der Waals surface area contributed by atoms with Crippen LogP contribution in [0.5, 0.6) is 0 Å². The molecule has 0 aliphatic rings. The molecule has 0 aliphatic carbocycles. The topological polar surface area (TPSA) is 55.2 Å². The summed E-state index contributed by atoms with van der Waals surface area (Å²) in [4.78, 5) is 33.2. The predicted molar refractivity (Wildman–Crippen MR) is 128 cm³/mol. The number of rotatable bonds is 5. The molecule has 0 saturated carbocycles. The Labute approximate surface area is 188 Å². The third-order valence-electron chi connectivity index (χ3n) is 5.95. The smallest absolute Gasteiger partial charge is 0.266 e. The normalized spacial score (nSPS) is 12.0. The second-order valence-electron chi connectivity index (χ2n) is 8.11. The molecule has 5 nitrogen and oxygen atoms in total. The lowest BCUT2D eigenvalue weighted by atomic mass is 10.1. The molecule has 4 rings (SSSR count). The molecule has 0 aliphatic heterocycles. The van der Waals surface area contributed by atoms with Crippen LogP contribution in [0.3, 0.4) is 0 Å². The third-order valence-corrected chi connectivity index (χ3v) is 5.95. The quantitative estimate of drug-likeness (QED) is 0.448. The molecule has 0 fully saturated rings. The standard InChI is InChI=1S/C27H27N3O2/c1-5-20-13-15-21(16-14-20)26(31)29(4)19(3)25-28-24-12-7-6-11-23(24)27(32)30(25)22-10-8-9-18(2)17-22/h6-17,19H,5H2,1-4H3. The van der Waals surface area contributed by atoms with Crippen LogP contribution in [0.4, 0.5) is 0 Å². The molecule has 1 unspecified atom stereocenters. The van der Waals surface area contributed by atoms with Crippen molar-refractivity contribution < 1.29 is 4.79 Å². The van der Waals surface area contributed by atoms with Crippen molar-refractivity contribution in [2.45, 2.75) is 33.2 Å². The summed E-state index contributed by atoms with van der Waals surface area (Å²) in [5.41, 5.74) is 4.06. The van der Waals surface area contributed by atoms with E-state index in [2.05, 4.69) is 6.92 Å². The summed E-state index contributed by atoms with van der Waals surface area (Å²) in [6.07, 6.45) is 0.921. The molecule has 1 aromatic heterocycles. The van der Waals surface area contributed by atoms with Crippen LogP contribution in [0.15, 0.2) is 77.6 Å². The summed E-state index contributed by atoms with van der Waals surface area (Å²) < 4.78 is 1.63. The number of nitrogens with zero attached hydrogens (tertiary/aromatic N) is 3. The second-order valence-corrected chi connectivity index (χ2v) is 8.11.